The number of hydrogen-bond donors (Lipinski definition) is 2. The molecule has 1 aliphatic carbocycles. The van der Waals surface area contributed by atoms with Gasteiger partial charge in [-0.3, -0.25) is 14.4 Å². The highest BCUT2D eigenvalue weighted by atomic mass is 35.5. The lowest BCUT2D eigenvalue weighted by Crippen LogP contribution is -2.24. The van der Waals surface area contributed by atoms with Gasteiger partial charge in [-0.25, -0.2) is 4.98 Å². The first-order valence-corrected chi connectivity index (χ1v) is 10.1. The lowest BCUT2D eigenvalue weighted by Gasteiger charge is -2.18. The van der Waals surface area contributed by atoms with Gasteiger partial charge in [0.1, 0.15) is 5.82 Å². The fourth-order valence-corrected chi connectivity index (χ4v) is 3.84. The fourth-order valence-electron chi connectivity index (χ4n) is 3.20. The lowest BCUT2D eigenvalue weighted by molar-refractivity contribution is -0.118. The number of pyridine rings is 1. The number of aromatic nitrogens is 1. The number of rotatable bonds is 5. The maximum Gasteiger partial charge on any atom is 0.258 e. The van der Waals surface area contributed by atoms with Gasteiger partial charge in [-0.1, -0.05) is 23.2 Å². The van der Waals surface area contributed by atoms with Gasteiger partial charge in [-0.2, -0.15) is 0 Å². The standard InChI is InChI=1S/C20H18Cl2N4O3/c21-14-9-13(26-7-1-2-17(26)27)10-15(22)18(14)20(29)24-12-5-6-23-16(8-12)25-19(28)11-3-4-11/h5-6,8-11H,1-4,7H2,(H2,23,24,25,28,29). The lowest BCUT2D eigenvalue weighted by atomic mass is 10.1. The van der Waals surface area contributed by atoms with Crippen molar-refractivity contribution in [3.63, 3.8) is 0 Å². The van der Waals surface area contributed by atoms with Crippen LogP contribution in [0.4, 0.5) is 17.2 Å². The molecule has 0 bridgehead atoms. The second-order valence-electron chi connectivity index (χ2n) is 7.08. The van der Waals surface area contributed by atoms with E-state index in [1.807, 2.05) is 0 Å². The van der Waals surface area contributed by atoms with E-state index in [9.17, 15) is 14.4 Å². The zero-order valence-corrected chi connectivity index (χ0v) is 16.9. The van der Waals surface area contributed by atoms with Gasteiger partial charge in [0.25, 0.3) is 5.91 Å². The molecule has 1 saturated carbocycles. The molecule has 1 aromatic carbocycles. The Morgan fingerprint density at radius 1 is 1.10 bits per heavy atom. The van der Waals surface area contributed by atoms with Gasteiger partial charge in [0.2, 0.25) is 11.8 Å². The molecule has 4 rings (SSSR count). The first-order chi connectivity index (χ1) is 13.9. The molecule has 0 atom stereocenters. The van der Waals surface area contributed by atoms with Gasteiger partial charge in [0.15, 0.2) is 0 Å². The highest BCUT2D eigenvalue weighted by Gasteiger charge is 2.30. The van der Waals surface area contributed by atoms with E-state index in [2.05, 4.69) is 15.6 Å². The van der Waals surface area contributed by atoms with Crippen LogP contribution in [0.1, 0.15) is 36.0 Å². The Morgan fingerprint density at radius 2 is 1.83 bits per heavy atom. The number of nitrogens with zero attached hydrogens (tertiary/aromatic N) is 2. The molecule has 29 heavy (non-hydrogen) atoms. The van der Waals surface area contributed by atoms with Gasteiger partial charge in [0, 0.05) is 42.5 Å². The van der Waals surface area contributed by atoms with Crippen molar-refractivity contribution in [2.75, 3.05) is 22.1 Å². The molecule has 1 saturated heterocycles. The highest BCUT2D eigenvalue weighted by molar-refractivity contribution is 6.41. The number of anilines is 3. The molecule has 2 N–H and O–H groups in total. The van der Waals surface area contributed by atoms with Crippen LogP contribution in [0, 0.1) is 5.92 Å². The summed E-state index contributed by atoms with van der Waals surface area (Å²) < 4.78 is 0. The van der Waals surface area contributed by atoms with Crippen LogP contribution in [-0.2, 0) is 9.59 Å². The smallest absolute Gasteiger partial charge is 0.258 e. The summed E-state index contributed by atoms with van der Waals surface area (Å²) in [5, 5.41) is 5.76. The number of hydrogen-bond acceptors (Lipinski definition) is 4. The predicted molar refractivity (Wildman–Crippen MR) is 112 cm³/mol. The van der Waals surface area contributed by atoms with Crippen molar-refractivity contribution in [1.82, 2.24) is 4.98 Å². The summed E-state index contributed by atoms with van der Waals surface area (Å²) >= 11 is 12.6. The minimum Gasteiger partial charge on any atom is -0.322 e. The number of nitrogens with one attached hydrogen (secondary N) is 2. The third-order valence-corrected chi connectivity index (χ3v) is 5.45. The van der Waals surface area contributed by atoms with Crippen LogP contribution < -0.4 is 15.5 Å². The Balaban J connectivity index is 1.51. The van der Waals surface area contributed by atoms with Crippen LogP contribution in [0.5, 0.6) is 0 Å². The maximum absolute atomic E-state index is 12.7. The molecule has 9 heteroatoms. The monoisotopic (exact) mass is 432 g/mol. The molecular weight excluding hydrogens is 415 g/mol. The molecule has 2 aromatic rings. The summed E-state index contributed by atoms with van der Waals surface area (Å²) in [5.74, 6) is -0.149. The van der Waals surface area contributed by atoms with E-state index >= 15 is 0 Å². The molecule has 0 unspecified atom stereocenters. The molecule has 1 aromatic heterocycles. The zero-order valence-electron chi connectivity index (χ0n) is 15.4. The normalized spacial score (nSPS) is 16.1. The minimum absolute atomic E-state index is 0.00638. The van der Waals surface area contributed by atoms with E-state index in [0.717, 1.165) is 19.3 Å². The zero-order chi connectivity index (χ0) is 20.5. The van der Waals surface area contributed by atoms with Crippen molar-refractivity contribution < 1.29 is 14.4 Å². The summed E-state index contributed by atoms with van der Waals surface area (Å²) in [6.07, 6.45) is 4.52. The van der Waals surface area contributed by atoms with Crippen molar-refractivity contribution in [2.24, 2.45) is 5.92 Å². The third kappa shape index (κ3) is 4.36. The van der Waals surface area contributed by atoms with E-state index < -0.39 is 5.91 Å². The van der Waals surface area contributed by atoms with Gasteiger partial charge in [-0.05, 0) is 37.5 Å². The molecule has 150 valence electrons. The van der Waals surface area contributed by atoms with Crippen molar-refractivity contribution in [3.05, 3.63) is 46.1 Å². The maximum atomic E-state index is 12.7. The van der Waals surface area contributed by atoms with Gasteiger partial charge in [-0.15, -0.1) is 0 Å². The minimum atomic E-state index is -0.495. The molecule has 2 fully saturated rings. The second-order valence-corrected chi connectivity index (χ2v) is 7.90. The molecule has 0 radical (unpaired) electrons. The summed E-state index contributed by atoms with van der Waals surface area (Å²) in [5.41, 5.74) is 1.14. The molecule has 3 amide bonds. The van der Waals surface area contributed by atoms with Crippen molar-refractivity contribution in [2.45, 2.75) is 25.7 Å². The van der Waals surface area contributed by atoms with Crippen LogP contribution in [0.2, 0.25) is 10.0 Å². The molecule has 1 aliphatic heterocycles. The topological polar surface area (TPSA) is 91.4 Å². The van der Waals surface area contributed by atoms with E-state index in [4.69, 9.17) is 23.2 Å². The van der Waals surface area contributed by atoms with Crippen LogP contribution in [0.15, 0.2) is 30.5 Å². The van der Waals surface area contributed by atoms with Crippen molar-refractivity contribution in [3.8, 4) is 0 Å². The first-order valence-electron chi connectivity index (χ1n) is 9.30. The Labute approximate surface area is 177 Å². The number of benzene rings is 1. The number of carbonyl (C=O) groups excluding carboxylic acids is 3. The van der Waals surface area contributed by atoms with Gasteiger partial charge < -0.3 is 15.5 Å². The number of amides is 3. The molecule has 2 heterocycles. The number of halogens is 2. The molecule has 2 aliphatic rings. The quantitative estimate of drug-likeness (QED) is 0.743. The first kappa shape index (κ1) is 19.7. The number of carbonyl (C=O) groups is 3. The summed E-state index contributed by atoms with van der Waals surface area (Å²) in [6.45, 7) is 0.601. The predicted octanol–water partition coefficient (Wildman–Crippen LogP) is 4.12. The van der Waals surface area contributed by atoms with E-state index in [0.29, 0.717) is 30.2 Å². The van der Waals surface area contributed by atoms with Gasteiger partial charge in [0.05, 0.1) is 15.6 Å². The van der Waals surface area contributed by atoms with Crippen LogP contribution in [0.25, 0.3) is 0 Å². The van der Waals surface area contributed by atoms with Crippen molar-refractivity contribution in [1.29, 1.82) is 0 Å². The Bertz CT molecular complexity index is 984. The Hall–Kier alpha value is -2.64. The molecule has 7 nitrogen and oxygen atoms in total. The summed E-state index contributed by atoms with van der Waals surface area (Å²) in [7, 11) is 0. The van der Waals surface area contributed by atoms with E-state index in [1.165, 1.54) is 6.20 Å². The molecule has 0 spiro atoms. The molecular formula is C20H18Cl2N4O3. The Morgan fingerprint density at radius 3 is 2.45 bits per heavy atom. The average Bonchev–Trinajstić information content (AvgIpc) is 3.43. The summed E-state index contributed by atoms with van der Waals surface area (Å²) in [6, 6.07) is 6.31. The van der Waals surface area contributed by atoms with Crippen LogP contribution >= 0.6 is 23.2 Å². The fraction of sp³-hybridized carbons (Fsp3) is 0.300. The van der Waals surface area contributed by atoms with Crippen molar-refractivity contribution >= 4 is 58.1 Å². The van der Waals surface area contributed by atoms with E-state index in [1.54, 1.807) is 29.2 Å². The summed E-state index contributed by atoms with van der Waals surface area (Å²) in [4.78, 5) is 42.3. The highest BCUT2D eigenvalue weighted by Crippen LogP contribution is 2.33. The van der Waals surface area contributed by atoms with Crippen LogP contribution in [-0.4, -0.2) is 29.3 Å². The van der Waals surface area contributed by atoms with E-state index in [-0.39, 0.29) is 33.3 Å². The average molecular weight is 433 g/mol. The van der Waals surface area contributed by atoms with Gasteiger partial charge >= 0.3 is 0 Å². The third-order valence-electron chi connectivity index (χ3n) is 4.86. The second kappa shape index (κ2) is 8.00. The van der Waals surface area contributed by atoms with Crippen LogP contribution in [0.3, 0.4) is 0 Å². The largest absolute Gasteiger partial charge is 0.322 e. The SMILES string of the molecule is O=C(Nc1ccnc(NC(=O)C2CC2)c1)c1c(Cl)cc(N2CCCC2=O)cc1Cl. The Kier molecular flexibility index (Phi) is 5.43.